The van der Waals surface area contributed by atoms with Crippen LogP contribution in [0.25, 0.3) is 22.2 Å². The molecule has 2 aliphatic rings. The molecule has 6 aromatic rings. The number of nitrogens with zero attached hydrogens (tertiary/aromatic N) is 6. The Morgan fingerprint density at radius 2 is 1.55 bits per heavy atom. The van der Waals surface area contributed by atoms with E-state index in [0.29, 0.717) is 17.1 Å². The van der Waals surface area contributed by atoms with Gasteiger partial charge in [0.15, 0.2) is 19.9 Å². The van der Waals surface area contributed by atoms with E-state index in [0.717, 1.165) is 24.0 Å². The fourth-order valence-electron chi connectivity index (χ4n) is 9.18. The number of aryl methyl sites for hydroxylation is 1. The van der Waals surface area contributed by atoms with E-state index in [1.807, 2.05) is 36.1 Å². The fraction of sp³-hybridized carbons (Fsp3) is 0.446. The predicted molar refractivity (Wildman–Crippen MR) is 289 cm³/mol. The van der Waals surface area contributed by atoms with Gasteiger partial charge in [-0.3, -0.25) is 5.32 Å². The van der Waals surface area contributed by atoms with Gasteiger partial charge in [0.2, 0.25) is 0 Å². The Morgan fingerprint density at radius 1 is 0.934 bits per heavy atom. The highest BCUT2D eigenvalue weighted by molar-refractivity contribution is 6.74. The Balaban J connectivity index is 1.27. The number of carbonyl (C=O) groups excluding carboxylic acids is 1. The number of nitrogens with one attached hydrogen (secondary N) is 1. The average Bonchev–Trinajstić information content (AvgIpc) is 3.53. The van der Waals surface area contributed by atoms with Crippen LogP contribution in [0.3, 0.4) is 0 Å². The number of methoxy groups -OCH3 is 2. The summed E-state index contributed by atoms with van der Waals surface area (Å²) in [5, 5.41) is 2.32. The van der Waals surface area contributed by atoms with Gasteiger partial charge in [0, 0.05) is 31.0 Å². The molecule has 1 fully saturated rings. The Kier molecular flexibility index (Phi) is 16.1. The molecule has 0 radical (unpaired) electrons. The third-order valence-electron chi connectivity index (χ3n) is 14.2. The summed E-state index contributed by atoms with van der Waals surface area (Å²) in [6.45, 7) is 19.9. The van der Waals surface area contributed by atoms with Crippen molar-refractivity contribution in [3.63, 3.8) is 0 Å². The minimum atomic E-state index is -5.03. The average molecular weight is 1090 g/mol. The highest BCUT2D eigenvalue weighted by atomic mass is 35.5. The zero-order chi connectivity index (χ0) is 55.1. The van der Waals surface area contributed by atoms with E-state index >= 15 is 17.6 Å². The maximum atomic E-state index is 18.3. The number of aromatic nitrogens is 4. The third-order valence-corrected chi connectivity index (χ3v) is 19.1. The minimum absolute atomic E-state index is 0.00189. The van der Waals surface area contributed by atoms with Gasteiger partial charge in [-0.15, -0.1) is 0 Å². The number of anilines is 3. The van der Waals surface area contributed by atoms with Gasteiger partial charge in [0.1, 0.15) is 46.7 Å². The third kappa shape index (κ3) is 12.2. The van der Waals surface area contributed by atoms with E-state index in [9.17, 15) is 4.79 Å². The molecule has 0 unspecified atom stereocenters. The molecule has 20 heteroatoms. The molecule has 8 rings (SSSR count). The van der Waals surface area contributed by atoms with Crippen molar-refractivity contribution in [2.45, 2.75) is 123 Å². The largest absolute Gasteiger partial charge is 0.497 e. The highest BCUT2D eigenvalue weighted by Crippen LogP contribution is 2.52. The number of ether oxygens (including phenoxy) is 5. The van der Waals surface area contributed by atoms with Crippen LogP contribution in [0.1, 0.15) is 95.2 Å². The molecule has 1 amide bonds. The molecule has 0 saturated heterocycles. The van der Waals surface area contributed by atoms with Crippen molar-refractivity contribution in [1.29, 1.82) is 0 Å². The van der Waals surface area contributed by atoms with E-state index in [-0.39, 0.29) is 90.1 Å². The summed E-state index contributed by atoms with van der Waals surface area (Å²) in [6.07, 6.45) is -2.72. The lowest BCUT2D eigenvalue weighted by molar-refractivity contribution is -0.137. The van der Waals surface area contributed by atoms with Crippen molar-refractivity contribution >= 4 is 54.4 Å². The van der Waals surface area contributed by atoms with Crippen molar-refractivity contribution in [2.75, 3.05) is 49.1 Å². The van der Waals surface area contributed by atoms with Gasteiger partial charge in [-0.1, -0.05) is 62.7 Å². The summed E-state index contributed by atoms with van der Waals surface area (Å²) in [5.41, 5.74) is -1.88. The Morgan fingerprint density at radius 3 is 2.12 bits per heavy atom. The van der Waals surface area contributed by atoms with Crippen LogP contribution in [-0.2, 0) is 28.4 Å². The van der Waals surface area contributed by atoms with Crippen LogP contribution in [0, 0.1) is 18.7 Å². The molecule has 76 heavy (non-hydrogen) atoms. The number of hydrogen-bond donors (Lipinski definition) is 1. The topological polar surface area (TPSA) is 143 Å². The monoisotopic (exact) mass is 1090 g/mol. The van der Waals surface area contributed by atoms with Gasteiger partial charge >= 0.3 is 18.3 Å². The van der Waals surface area contributed by atoms with Gasteiger partial charge in [-0.05, 0) is 125 Å². The first-order valence-electron chi connectivity index (χ1n) is 25.2. The quantitative estimate of drug-likeness (QED) is 0.0726. The molecule has 1 aliphatic carbocycles. The molecular formula is C56H66ClF4N7O7Si. The molecule has 406 valence electrons. The summed E-state index contributed by atoms with van der Waals surface area (Å²) in [4.78, 5) is 35.4. The van der Waals surface area contributed by atoms with Crippen molar-refractivity contribution < 1.29 is 50.5 Å². The molecule has 1 atom stereocenters. The number of pyridine rings is 2. The summed E-state index contributed by atoms with van der Waals surface area (Å²) in [7, 11) is 1.06. The standard InChI is InChI=1S/C56H66ClF4N7O7Si/c1-32-26-41(67(29-34-15-19-37(70-9)20-16-34)30-35-17-21-38(71-10)22-18-35)63-47(44(32)56(59,60)61)42-45(57)49-43-48(46(42)58)64-52(73-31-36-27-39(28-36)75-76(11,12)55(6,7)8)66-51(43)68(24-25-72-49)33(2)40-14-13-23-62-50(40)65-53(69)74-54(3,4)5/h13-23,26,33,36,39H,24-25,27-31H2,1-12H3,(H,62,65,69)/t33-,36?,39?/m1/s1. The van der Waals surface area contributed by atoms with Gasteiger partial charge in [-0.25, -0.2) is 19.2 Å². The zero-order valence-electron chi connectivity index (χ0n) is 45.0. The molecule has 0 bridgehead atoms. The van der Waals surface area contributed by atoms with Crippen LogP contribution in [-0.4, -0.2) is 80.0 Å². The van der Waals surface area contributed by atoms with Gasteiger partial charge in [-0.2, -0.15) is 23.1 Å². The van der Waals surface area contributed by atoms with Crippen LogP contribution in [0.2, 0.25) is 23.2 Å². The van der Waals surface area contributed by atoms with Crippen LogP contribution in [0.15, 0.2) is 72.9 Å². The number of benzene rings is 3. The molecule has 3 aromatic carbocycles. The molecule has 1 saturated carbocycles. The van der Waals surface area contributed by atoms with E-state index in [1.54, 1.807) is 76.3 Å². The van der Waals surface area contributed by atoms with Crippen LogP contribution >= 0.6 is 11.6 Å². The van der Waals surface area contributed by atoms with Crippen LogP contribution in [0.5, 0.6) is 23.3 Å². The second-order valence-corrected chi connectivity index (χ2v) is 27.0. The van der Waals surface area contributed by atoms with Crippen molar-refractivity contribution in [3.8, 4) is 34.5 Å². The maximum Gasteiger partial charge on any atom is 0.418 e. The number of amides is 1. The first kappa shape index (κ1) is 55.8. The molecule has 4 heterocycles. The molecule has 3 aromatic heterocycles. The van der Waals surface area contributed by atoms with E-state index < -0.39 is 65.4 Å². The zero-order valence-corrected chi connectivity index (χ0v) is 46.8. The summed E-state index contributed by atoms with van der Waals surface area (Å²) < 4.78 is 101. The summed E-state index contributed by atoms with van der Waals surface area (Å²) in [5.74, 6) is 0.422. The van der Waals surface area contributed by atoms with Gasteiger partial charge in [0.05, 0.1) is 60.6 Å². The Labute approximate surface area is 447 Å². The van der Waals surface area contributed by atoms with Crippen molar-refractivity contribution in [3.05, 3.63) is 112 Å². The number of carbonyl (C=O) groups is 1. The number of rotatable bonds is 16. The van der Waals surface area contributed by atoms with Crippen molar-refractivity contribution in [2.24, 2.45) is 5.92 Å². The Bertz CT molecular complexity index is 3030. The SMILES string of the molecule is COc1ccc(CN(Cc2ccc(OC)cc2)c2cc(C)c(C(F)(F)F)c(-c3c(Cl)c4c5c(nc(OCC6CC(O[Si](C)(C)C(C)(C)C)C6)nc5c3F)N([C@H](C)c3cccnc3NC(=O)OC(C)(C)C)CCO4)n2)cc1. The van der Waals surface area contributed by atoms with E-state index in [2.05, 4.69) is 49.1 Å². The van der Waals surface area contributed by atoms with E-state index in [1.165, 1.54) is 19.2 Å². The summed E-state index contributed by atoms with van der Waals surface area (Å²) in [6, 6.07) is 18.5. The predicted octanol–water partition coefficient (Wildman–Crippen LogP) is 13.9. The lowest BCUT2D eigenvalue weighted by Gasteiger charge is -2.44. The highest BCUT2D eigenvalue weighted by Gasteiger charge is 2.44. The number of hydrogen-bond acceptors (Lipinski definition) is 13. The molecule has 1 N–H and O–H groups in total. The normalized spacial score (nSPS) is 16.3. The first-order valence-corrected chi connectivity index (χ1v) is 28.5. The second kappa shape index (κ2) is 21.9. The van der Waals surface area contributed by atoms with Crippen molar-refractivity contribution in [1.82, 2.24) is 19.9 Å². The lowest BCUT2D eigenvalue weighted by atomic mass is 9.83. The number of alkyl halides is 3. The smallest absolute Gasteiger partial charge is 0.418 e. The Hall–Kier alpha value is -6.44. The fourth-order valence-corrected chi connectivity index (χ4v) is 10.9. The van der Waals surface area contributed by atoms with Gasteiger partial charge < -0.3 is 37.9 Å². The van der Waals surface area contributed by atoms with Crippen LogP contribution < -0.4 is 34.1 Å². The van der Waals surface area contributed by atoms with Crippen LogP contribution in [0.4, 0.5) is 39.8 Å². The molecular weight excluding hydrogens is 1020 g/mol. The molecule has 1 aliphatic heterocycles. The second-order valence-electron chi connectivity index (χ2n) is 21.9. The maximum absolute atomic E-state index is 18.3. The molecule has 14 nitrogen and oxygen atoms in total. The number of halogens is 5. The first-order chi connectivity index (χ1) is 35.7. The molecule has 0 spiro atoms. The minimum Gasteiger partial charge on any atom is -0.497 e. The lowest BCUT2D eigenvalue weighted by Crippen LogP contribution is -2.48. The summed E-state index contributed by atoms with van der Waals surface area (Å²) >= 11 is 7.27. The van der Waals surface area contributed by atoms with E-state index in [4.69, 9.17) is 49.7 Å². The van der Waals surface area contributed by atoms with Gasteiger partial charge in [0.25, 0.3) is 0 Å².